The largest absolute Gasteiger partial charge is 0.497 e. The van der Waals surface area contributed by atoms with Crippen LogP contribution < -0.4 is 15.0 Å². The lowest BCUT2D eigenvalue weighted by atomic mass is 9.94. The molecular weight excluding hydrogens is 435 g/mol. The molecule has 0 saturated heterocycles. The first-order valence-electron chi connectivity index (χ1n) is 10.5. The van der Waals surface area contributed by atoms with Crippen LogP contribution in [0.5, 0.6) is 5.75 Å². The van der Waals surface area contributed by atoms with Crippen LogP contribution in [0.3, 0.4) is 0 Å². The number of nitrogens with zero attached hydrogens (tertiary/aromatic N) is 1. The van der Waals surface area contributed by atoms with Gasteiger partial charge >= 0.3 is 0 Å². The summed E-state index contributed by atoms with van der Waals surface area (Å²) in [5.74, 6) is -0.143. The van der Waals surface area contributed by atoms with Crippen LogP contribution in [0.4, 0.5) is 5.69 Å². The molecule has 0 aromatic heterocycles. The van der Waals surface area contributed by atoms with Crippen LogP contribution in [0.1, 0.15) is 49.3 Å². The summed E-state index contributed by atoms with van der Waals surface area (Å²) in [6.07, 6.45) is 5.28. The summed E-state index contributed by atoms with van der Waals surface area (Å²) in [5.41, 5.74) is 2.08. The predicted octanol–water partition coefficient (Wildman–Crippen LogP) is 5.42. The maximum atomic E-state index is 13.6. The molecule has 0 spiro atoms. The minimum atomic E-state index is -0.862. The van der Waals surface area contributed by atoms with Gasteiger partial charge < -0.3 is 10.1 Å². The molecule has 0 bridgehead atoms. The van der Waals surface area contributed by atoms with Crippen LogP contribution in [0.15, 0.2) is 42.5 Å². The van der Waals surface area contributed by atoms with Crippen molar-refractivity contribution in [3.8, 4) is 5.75 Å². The molecule has 1 aliphatic carbocycles. The van der Waals surface area contributed by atoms with Gasteiger partial charge in [0.2, 0.25) is 11.8 Å². The Bertz CT molecular complexity index is 912. The highest BCUT2D eigenvalue weighted by molar-refractivity contribution is 6.31. The van der Waals surface area contributed by atoms with Crippen LogP contribution in [0, 0.1) is 6.92 Å². The third-order valence-electron chi connectivity index (χ3n) is 5.69. The number of carbonyl (C=O) groups is 2. The number of aryl methyl sites for hydroxylation is 1. The van der Waals surface area contributed by atoms with Crippen molar-refractivity contribution in [3.63, 3.8) is 0 Å². The molecule has 1 aliphatic rings. The van der Waals surface area contributed by atoms with Gasteiger partial charge in [0.05, 0.1) is 7.11 Å². The summed E-state index contributed by atoms with van der Waals surface area (Å²) >= 11 is 12.1. The SMILES string of the molecule is COc1ccc(C(C(=O)NC2CCCCC2)N(C(=O)CCl)c2ccc(Cl)cc2C)cc1. The highest BCUT2D eigenvalue weighted by Gasteiger charge is 2.34. The van der Waals surface area contributed by atoms with E-state index in [1.807, 2.05) is 19.1 Å². The Kier molecular flexibility index (Phi) is 8.22. The van der Waals surface area contributed by atoms with Crippen LogP contribution in [-0.4, -0.2) is 30.8 Å². The zero-order valence-electron chi connectivity index (χ0n) is 17.9. The van der Waals surface area contributed by atoms with Crippen molar-refractivity contribution in [1.82, 2.24) is 5.32 Å². The maximum absolute atomic E-state index is 13.6. The van der Waals surface area contributed by atoms with Crippen molar-refractivity contribution in [2.24, 2.45) is 0 Å². The number of rotatable bonds is 7. The monoisotopic (exact) mass is 462 g/mol. The number of benzene rings is 2. The fourth-order valence-corrected chi connectivity index (χ4v) is 4.46. The Morgan fingerprint density at radius 1 is 1.13 bits per heavy atom. The molecule has 0 radical (unpaired) electrons. The Morgan fingerprint density at radius 2 is 1.81 bits per heavy atom. The fraction of sp³-hybridized carbons (Fsp3) is 0.417. The molecule has 1 N–H and O–H groups in total. The topological polar surface area (TPSA) is 58.6 Å². The number of nitrogens with one attached hydrogen (secondary N) is 1. The smallest absolute Gasteiger partial charge is 0.248 e. The minimum absolute atomic E-state index is 0.112. The van der Waals surface area contributed by atoms with Gasteiger partial charge in [0.15, 0.2) is 0 Å². The van der Waals surface area contributed by atoms with Gasteiger partial charge in [-0.25, -0.2) is 0 Å². The Hall–Kier alpha value is -2.24. The number of carbonyl (C=O) groups excluding carboxylic acids is 2. The lowest BCUT2D eigenvalue weighted by Crippen LogP contribution is -2.48. The molecule has 2 aromatic rings. The molecular formula is C24H28Cl2N2O3. The van der Waals surface area contributed by atoms with E-state index < -0.39 is 6.04 Å². The molecule has 166 valence electrons. The highest BCUT2D eigenvalue weighted by Crippen LogP contribution is 2.33. The Balaban J connectivity index is 2.05. The minimum Gasteiger partial charge on any atom is -0.497 e. The van der Waals surface area contributed by atoms with Crippen molar-refractivity contribution in [2.45, 2.75) is 51.1 Å². The molecule has 31 heavy (non-hydrogen) atoms. The van der Waals surface area contributed by atoms with Crippen molar-refractivity contribution >= 4 is 40.7 Å². The summed E-state index contributed by atoms with van der Waals surface area (Å²) in [7, 11) is 1.59. The van der Waals surface area contributed by atoms with E-state index in [0.717, 1.165) is 31.2 Å². The van der Waals surface area contributed by atoms with Gasteiger partial charge in [-0.15, -0.1) is 11.6 Å². The molecule has 0 aliphatic heterocycles. The normalized spacial score (nSPS) is 15.2. The maximum Gasteiger partial charge on any atom is 0.248 e. The quantitative estimate of drug-likeness (QED) is 0.558. The number of ether oxygens (including phenoxy) is 1. The zero-order valence-corrected chi connectivity index (χ0v) is 19.4. The number of methoxy groups -OCH3 is 1. The lowest BCUT2D eigenvalue weighted by Gasteiger charge is -2.34. The molecule has 5 nitrogen and oxygen atoms in total. The summed E-state index contributed by atoms with van der Waals surface area (Å²) in [4.78, 5) is 28.1. The van der Waals surface area contributed by atoms with E-state index in [1.165, 1.54) is 11.3 Å². The average molecular weight is 463 g/mol. The third kappa shape index (κ3) is 5.72. The van der Waals surface area contributed by atoms with Crippen molar-refractivity contribution in [3.05, 3.63) is 58.6 Å². The molecule has 1 atom stereocenters. The molecule has 7 heteroatoms. The number of hydrogen-bond acceptors (Lipinski definition) is 3. The molecule has 1 fully saturated rings. The average Bonchev–Trinajstić information content (AvgIpc) is 2.78. The van der Waals surface area contributed by atoms with Crippen LogP contribution in [0.25, 0.3) is 0 Å². The van der Waals surface area contributed by atoms with Gasteiger partial charge in [0.25, 0.3) is 0 Å². The van der Waals surface area contributed by atoms with Crippen LogP contribution >= 0.6 is 23.2 Å². The first-order chi connectivity index (χ1) is 14.9. The van der Waals surface area contributed by atoms with Gasteiger partial charge in [-0.3, -0.25) is 14.5 Å². The third-order valence-corrected chi connectivity index (χ3v) is 6.15. The number of anilines is 1. The second kappa shape index (κ2) is 10.9. The zero-order chi connectivity index (χ0) is 22.4. The summed E-state index contributed by atoms with van der Waals surface area (Å²) < 4.78 is 5.26. The second-order valence-corrected chi connectivity index (χ2v) is 8.55. The van der Waals surface area contributed by atoms with E-state index in [-0.39, 0.29) is 23.7 Å². The standard InChI is InChI=1S/C24H28Cl2N2O3/c1-16-14-18(26)10-13-21(16)28(22(29)15-25)23(17-8-11-20(31-2)12-9-17)24(30)27-19-6-4-3-5-7-19/h8-14,19,23H,3-7,15H2,1-2H3,(H,27,30). The Morgan fingerprint density at radius 3 is 2.39 bits per heavy atom. The first-order valence-corrected chi connectivity index (χ1v) is 11.4. The molecule has 1 saturated carbocycles. The van der Waals surface area contributed by atoms with E-state index >= 15 is 0 Å². The number of halogens is 2. The van der Waals surface area contributed by atoms with E-state index in [2.05, 4.69) is 5.32 Å². The van der Waals surface area contributed by atoms with Gasteiger partial charge in [-0.05, 0) is 61.2 Å². The van der Waals surface area contributed by atoms with E-state index in [1.54, 1.807) is 37.4 Å². The van der Waals surface area contributed by atoms with Crippen molar-refractivity contribution in [1.29, 1.82) is 0 Å². The molecule has 0 heterocycles. The first kappa shape index (κ1) is 23.4. The number of alkyl halides is 1. The molecule has 1 unspecified atom stereocenters. The van der Waals surface area contributed by atoms with E-state index in [4.69, 9.17) is 27.9 Å². The second-order valence-electron chi connectivity index (χ2n) is 7.85. The predicted molar refractivity (Wildman–Crippen MR) is 125 cm³/mol. The highest BCUT2D eigenvalue weighted by atomic mass is 35.5. The lowest BCUT2D eigenvalue weighted by molar-refractivity contribution is -0.126. The molecule has 3 rings (SSSR count). The van der Waals surface area contributed by atoms with Crippen LogP contribution in [-0.2, 0) is 9.59 Å². The van der Waals surface area contributed by atoms with Crippen molar-refractivity contribution < 1.29 is 14.3 Å². The summed E-state index contributed by atoms with van der Waals surface area (Å²) in [6, 6.07) is 11.7. The van der Waals surface area contributed by atoms with E-state index in [9.17, 15) is 9.59 Å². The molecule has 2 aromatic carbocycles. The van der Waals surface area contributed by atoms with Gasteiger partial charge in [-0.1, -0.05) is 43.0 Å². The van der Waals surface area contributed by atoms with E-state index in [0.29, 0.717) is 22.0 Å². The fourth-order valence-electron chi connectivity index (χ4n) is 4.10. The molecule has 2 amide bonds. The Labute approximate surface area is 193 Å². The van der Waals surface area contributed by atoms with Gasteiger partial charge in [-0.2, -0.15) is 0 Å². The van der Waals surface area contributed by atoms with Gasteiger partial charge in [0.1, 0.15) is 17.7 Å². The van der Waals surface area contributed by atoms with Crippen molar-refractivity contribution in [2.75, 3.05) is 17.9 Å². The number of amides is 2. The summed E-state index contributed by atoms with van der Waals surface area (Å²) in [5, 5.41) is 3.74. The van der Waals surface area contributed by atoms with Crippen LogP contribution in [0.2, 0.25) is 5.02 Å². The van der Waals surface area contributed by atoms with Gasteiger partial charge in [0, 0.05) is 16.8 Å². The summed E-state index contributed by atoms with van der Waals surface area (Å²) in [6.45, 7) is 1.86. The number of hydrogen-bond donors (Lipinski definition) is 1.